The van der Waals surface area contributed by atoms with Crippen molar-refractivity contribution in [1.82, 2.24) is 5.32 Å². The molecule has 1 aromatic carbocycles. The second-order valence-corrected chi connectivity index (χ2v) is 6.51. The zero-order chi connectivity index (χ0) is 17.7. The van der Waals surface area contributed by atoms with Crippen molar-refractivity contribution in [2.75, 3.05) is 7.11 Å². The van der Waals surface area contributed by atoms with E-state index in [0.717, 1.165) is 19.3 Å². The van der Waals surface area contributed by atoms with Crippen molar-refractivity contribution in [1.29, 1.82) is 0 Å². The number of ether oxygens (including phenoxy) is 1. The third-order valence-corrected chi connectivity index (χ3v) is 4.82. The molecule has 0 spiro atoms. The number of carboxylic acids is 1. The second-order valence-electron chi connectivity index (χ2n) is 6.51. The van der Waals surface area contributed by atoms with Gasteiger partial charge in [0.05, 0.1) is 18.6 Å². The van der Waals surface area contributed by atoms with E-state index < -0.39 is 23.2 Å². The highest BCUT2D eigenvalue weighted by molar-refractivity contribution is 5.85. The lowest BCUT2D eigenvalue weighted by molar-refractivity contribution is -0.154. The van der Waals surface area contributed by atoms with Gasteiger partial charge in [-0.3, -0.25) is 9.59 Å². The molecule has 1 fully saturated rings. The van der Waals surface area contributed by atoms with Crippen LogP contribution in [0.15, 0.2) is 18.2 Å². The van der Waals surface area contributed by atoms with Gasteiger partial charge in [-0.1, -0.05) is 25.3 Å². The first-order chi connectivity index (χ1) is 11.4. The summed E-state index contributed by atoms with van der Waals surface area (Å²) >= 11 is 0. The summed E-state index contributed by atoms with van der Waals surface area (Å²) in [5.41, 5.74) is -0.359. The van der Waals surface area contributed by atoms with Crippen LogP contribution in [0, 0.1) is 11.2 Å². The molecule has 1 unspecified atom stereocenters. The Morgan fingerprint density at radius 3 is 2.54 bits per heavy atom. The molecular formula is C18H24FNO4. The predicted molar refractivity (Wildman–Crippen MR) is 87.3 cm³/mol. The summed E-state index contributed by atoms with van der Waals surface area (Å²) in [6.45, 7) is 1.74. The first-order valence-electron chi connectivity index (χ1n) is 8.24. The lowest BCUT2D eigenvalue weighted by Gasteiger charge is -2.32. The summed E-state index contributed by atoms with van der Waals surface area (Å²) in [5.74, 6) is -1.57. The molecule has 0 aromatic heterocycles. The smallest absolute Gasteiger partial charge is 0.310 e. The van der Waals surface area contributed by atoms with Crippen molar-refractivity contribution < 1.29 is 23.8 Å². The van der Waals surface area contributed by atoms with E-state index in [1.807, 2.05) is 0 Å². The van der Waals surface area contributed by atoms with Crippen LogP contribution in [0.25, 0.3) is 0 Å². The molecule has 5 nitrogen and oxygen atoms in total. The van der Waals surface area contributed by atoms with Gasteiger partial charge in [0.15, 0.2) is 11.6 Å². The molecule has 1 amide bonds. The van der Waals surface area contributed by atoms with E-state index in [1.165, 1.54) is 19.2 Å². The fourth-order valence-electron chi connectivity index (χ4n) is 3.33. The second kappa shape index (κ2) is 7.64. The predicted octanol–water partition coefficient (Wildman–Crippen LogP) is 3.44. The molecular weight excluding hydrogens is 313 g/mol. The quantitative estimate of drug-likeness (QED) is 0.834. The zero-order valence-electron chi connectivity index (χ0n) is 14.1. The fraction of sp³-hybridized carbons (Fsp3) is 0.556. The highest BCUT2D eigenvalue weighted by Crippen LogP contribution is 2.39. The van der Waals surface area contributed by atoms with Gasteiger partial charge in [-0.2, -0.15) is 0 Å². The van der Waals surface area contributed by atoms with Crippen molar-refractivity contribution in [3.05, 3.63) is 29.6 Å². The lowest BCUT2D eigenvalue weighted by atomic mass is 9.71. The first-order valence-corrected chi connectivity index (χ1v) is 8.24. The van der Waals surface area contributed by atoms with Gasteiger partial charge in [0.25, 0.3) is 0 Å². The van der Waals surface area contributed by atoms with Gasteiger partial charge in [-0.25, -0.2) is 4.39 Å². The van der Waals surface area contributed by atoms with E-state index in [4.69, 9.17) is 4.74 Å². The van der Waals surface area contributed by atoms with E-state index in [9.17, 15) is 19.1 Å². The average Bonchev–Trinajstić information content (AvgIpc) is 2.55. The number of carbonyl (C=O) groups is 2. The minimum atomic E-state index is -0.965. The molecule has 2 rings (SSSR count). The monoisotopic (exact) mass is 337 g/mol. The van der Waals surface area contributed by atoms with E-state index >= 15 is 0 Å². The number of nitrogens with one attached hydrogen (secondary N) is 1. The van der Waals surface area contributed by atoms with Crippen LogP contribution in [0.3, 0.4) is 0 Å². The van der Waals surface area contributed by atoms with Crippen LogP contribution in [-0.2, 0) is 9.59 Å². The number of amides is 1. The standard InChI is InChI=1S/C18H24FNO4/c1-12(13-6-7-15(24-2)14(19)10-13)20-16(21)11-18(17(22)23)8-4-3-5-9-18/h6-7,10,12H,3-5,8-9,11H2,1-2H3,(H,20,21)(H,22,23). The summed E-state index contributed by atoms with van der Waals surface area (Å²) in [6, 6.07) is 4.10. The summed E-state index contributed by atoms with van der Waals surface area (Å²) in [4.78, 5) is 24.0. The van der Waals surface area contributed by atoms with Gasteiger partial charge in [0.2, 0.25) is 5.91 Å². The van der Waals surface area contributed by atoms with Crippen LogP contribution in [-0.4, -0.2) is 24.1 Å². The van der Waals surface area contributed by atoms with Crippen LogP contribution >= 0.6 is 0 Å². The van der Waals surface area contributed by atoms with Crippen LogP contribution in [0.1, 0.15) is 57.1 Å². The molecule has 0 aliphatic heterocycles. The van der Waals surface area contributed by atoms with E-state index in [2.05, 4.69) is 5.32 Å². The summed E-state index contributed by atoms with van der Waals surface area (Å²) in [7, 11) is 1.39. The summed E-state index contributed by atoms with van der Waals surface area (Å²) in [5, 5.41) is 12.3. The molecule has 2 N–H and O–H groups in total. The fourth-order valence-corrected chi connectivity index (χ4v) is 3.33. The molecule has 1 aromatic rings. The van der Waals surface area contributed by atoms with Crippen molar-refractivity contribution in [3.63, 3.8) is 0 Å². The van der Waals surface area contributed by atoms with E-state index in [1.54, 1.807) is 13.0 Å². The SMILES string of the molecule is COc1ccc(C(C)NC(=O)CC2(C(=O)O)CCCCC2)cc1F. The molecule has 132 valence electrons. The van der Waals surface area contributed by atoms with Gasteiger partial charge in [-0.05, 0) is 37.5 Å². The van der Waals surface area contributed by atoms with E-state index in [0.29, 0.717) is 18.4 Å². The van der Waals surface area contributed by atoms with E-state index in [-0.39, 0.29) is 18.1 Å². The number of carboxylic acid groups (broad SMARTS) is 1. The number of benzene rings is 1. The van der Waals surface area contributed by atoms with Crippen LogP contribution in [0.5, 0.6) is 5.75 Å². The molecule has 0 heterocycles. The molecule has 1 aliphatic carbocycles. The van der Waals surface area contributed by atoms with Crippen molar-refractivity contribution in [3.8, 4) is 5.75 Å². The number of halogens is 1. The summed E-state index contributed by atoms with van der Waals surface area (Å²) in [6.07, 6.45) is 3.70. The Balaban J connectivity index is 2.03. The molecule has 1 saturated carbocycles. The van der Waals surface area contributed by atoms with Crippen molar-refractivity contribution in [2.24, 2.45) is 5.41 Å². The molecule has 0 saturated heterocycles. The average molecular weight is 337 g/mol. The van der Waals surface area contributed by atoms with Gasteiger partial charge < -0.3 is 15.2 Å². The maximum Gasteiger partial charge on any atom is 0.310 e. The van der Waals surface area contributed by atoms with Gasteiger partial charge >= 0.3 is 5.97 Å². The maximum absolute atomic E-state index is 13.8. The number of aliphatic carboxylic acids is 1. The Bertz CT molecular complexity index is 611. The maximum atomic E-state index is 13.8. The third-order valence-electron chi connectivity index (χ3n) is 4.82. The highest BCUT2D eigenvalue weighted by atomic mass is 19.1. The lowest BCUT2D eigenvalue weighted by Crippen LogP contribution is -2.39. The third kappa shape index (κ3) is 4.04. The zero-order valence-corrected chi connectivity index (χ0v) is 14.1. The Morgan fingerprint density at radius 1 is 1.33 bits per heavy atom. The Hall–Kier alpha value is -2.11. The molecule has 0 bridgehead atoms. The number of methoxy groups -OCH3 is 1. The number of hydrogen-bond acceptors (Lipinski definition) is 3. The van der Waals surface area contributed by atoms with Crippen molar-refractivity contribution in [2.45, 2.75) is 51.5 Å². The van der Waals surface area contributed by atoms with Crippen LogP contribution in [0.2, 0.25) is 0 Å². The topological polar surface area (TPSA) is 75.6 Å². The summed E-state index contributed by atoms with van der Waals surface area (Å²) < 4.78 is 18.6. The molecule has 0 radical (unpaired) electrons. The highest BCUT2D eigenvalue weighted by Gasteiger charge is 2.41. The van der Waals surface area contributed by atoms with Crippen LogP contribution in [0.4, 0.5) is 4.39 Å². The Kier molecular flexibility index (Phi) is 5.80. The normalized spacial score (nSPS) is 17.8. The van der Waals surface area contributed by atoms with Gasteiger partial charge in [0.1, 0.15) is 0 Å². The molecule has 1 aliphatic rings. The van der Waals surface area contributed by atoms with Gasteiger partial charge in [-0.15, -0.1) is 0 Å². The number of carbonyl (C=O) groups excluding carboxylic acids is 1. The number of hydrogen-bond donors (Lipinski definition) is 2. The molecule has 1 atom stereocenters. The minimum absolute atomic E-state index is 0.0364. The molecule has 6 heteroatoms. The van der Waals surface area contributed by atoms with Crippen molar-refractivity contribution >= 4 is 11.9 Å². The van der Waals surface area contributed by atoms with Crippen LogP contribution < -0.4 is 10.1 Å². The minimum Gasteiger partial charge on any atom is -0.494 e. The Morgan fingerprint density at radius 2 is 2.00 bits per heavy atom. The first kappa shape index (κ1) is 18.2. The molecule has 24 heavy (non-hydrogen) atoms. The number of rotatable bonds is 6. The largest absolute Gasteiger partial charge is 0.494 e. The Labute approximate surface area is 141 Å². The van der Waals surface area contributed by atoms with Gasteiger partial charge in [0, 0.05) is 6.42 Å².